The van der Waals surface area contributed by atoms with Crippen LogP contribution in [0.4, 0.5) is 5.69 Å². The molecule has 0 aromatic carbocycles. The first-order valence-electron chi connectivity index (χ1n) is 5.19. The summed E-state index contributed by atoms with van der Waals surface area (Å²) in [6, 6.07) is 3.89. The third kappa shape index (κ3) is 2.53. The summed E-state index contributed by atoms with van der Waals surface area (Å²) in [5.41, 5.74) is 3.20. The van der Waals surface area contributed by atoms with Gasteiger partial charge in [0.2, 0.25) is 0 Å². The van der Waals surface area contributed by atoms with E-state index in [1.165, 1.54) is 5.56 Å². The van der Waals surface area contributed by atoms with Gasteiger partial charge in [-0.2, -0.15) is 0 Å². The maximum atomic E-state index is 4.32. The molecule has 0 aliphatic carbocycles. The standard InChI is InChI=1S/C12H14N4/c1-9-3-5-13-8-12(9)15-7-11-4-6-14-10(2)16-11/h3-6,8,15H,7H2,1-2H3. The molecule has 2 heterocycles. The molecular weight excluding hydrogens is 200 g/mol. The number of nitrogens with zero attached hydrogens (tertiary/aromatic N) is 3. The van der Waals surface area contributed by atoms with Crippen LogP contribution in [0.15, 0.2) is 30.7 Å². The van der Waals surface area contributed by atoms with Crippen LogP contribution in [-0.4, -0.2) is 15.0 Å². The molecule has 2 aromatic rings. The molecule has 0 amide bonds. The van der Waals surface area contributed by atoms with Crippen LogP contribution in [0.5, 0.6) is 0 Å². The molecule has 2 rings (SSSR count). The smallest absolute Gasteiger partial charge is 0.125 e. The molecule has 1 N–H and O–H groups in total. The van der Waals surface area contributed by atoms with Crippen molar-refractivity contribution >= 4 is 5.69 Å². The number of anilines is 1. The Labute approximate surface area is 94.8 Å². The van der Waals surface area contributed by atoms with Gasteiger partial charge in [-0.15, -0.1) is 0 Å². The van der Waals surface area contributed by atoms with Crippen molar-refractivity contribution in [2.45, 2.75) is 20.4 Å². The first-order chi connectivity index (χ1) is 7.75. The molecule has 0 saturated heterocycles. The van der Waals surface area contributed by atoms with Gasteiger partial charge in [-0.1, -0.05) is 0 Å². The van der Waals surface area contributed by atoms with E-state index in [4.69, 9.17) is 0 Å². The summed E-state index contributed by atoms with van der Waals surface area (Å²) in [6.45, 7) is 4.63. The quantitative estimate of drug-likeness (QED) is 0.850. The second-order valence-electron chi connectivity index (χ2n) is 3.64. The van der Waals surface area contributed by atoms with Crippen molar-refractivity contribution in [3.63, 3.8) is 0 Å². The maximum Gasteiger partial charge on any atom is 0.125 e. The van der Waals surface area contributed by atoms with Crippen LogP contribution in [-0.2, 0) is 6.54 Å². The fourth-order valence-electron chi connectivity index (χ4n) is 1.44. The fraction of sp³-hybridized carbons (Fsp3) is 0.250. The Balaban J connectivity index is 2.05. The number of aromatic nitrogens is 3. The lowest BCUT2D eigenvalue weighted by atomic mass is 10.2. The first kappa shape index (κ1) is 10.5. The predicted octanol–water partition coefficient (Wildman–Crippen LogP) is 2.10. The Morgan fingerprint density at radius 1 is 1.19 bits per heavy atom. The molecule has 0 unspecified atom stereocenters. The molecule has 4 nitrogen and oxygen atoms in total. The lowest BCUT2D eigenvalue weighted by Crippen LogP contribution is -2.04. The van der Waals surface area contributed by atoms with Crippen LogP contribution in [0, 0.1) is 13.8 Å². The van der Waals surface area contributed by atoms with E-state index in [9.17, 15) is 0 Å². The summed E-state index contributed by atoms with van der Waals surface area (Å²) in [7, 11) is 0. The minimum Gasteiger partial charge on any atom is -0.378 e. The zero-order valence-electron chi connectivity index (χ0n) is 9.44. The van der Waals surface area contributed by atoms with Crippen LogP contribution in [0.2, 0.25) is 0 Å². The molecule has 16 heavy (non-hydrogen) atoms. The number of hydrogen-bond donors (Lipinski definition) is 1. The van der Waals surface area contributed by atoms with Crippen LogP contribution < -0.4 is 5.32 Å². The fourth-order valence-corrected chi connectivity index (χ4v) is 1.44. The number of pyridine rings is 1. The van der Waals surface area contributed by atoms with Gasteiger partial charge in [0.05, 0.1) is 24.1 Å². The molecule has 2 aromatic heterocycles. The Hall–Kier alpha value is -1.97. The second kappa shape index (κ2) is 4.70. The highest BCUT2D eigenvalue weighted by molar-refractivity contribution is 5.47. The molecule has 0 radical (unpaired) electrons. The number of aryl methyl sites for hydroxylation is 2. The molecule has 4 heteroatoms. The number of nitrogens with one attached hydrogen (secondary N) is 1. The number of hydrogen-bond acceptors (Lipinski definition) is 4. The molecule has 0 aliphatic rings. The Morgan fingerprint density at radius 2 is 2.06 bits per heavy atom. The normalized spacial score (nSPS) is 10.1. The third-order valence-electron chi connectivity index (χ3n) is 2.33. The Morgan fingerprint density at radius 3 is 2.81 bits per heavy atom. The molecular formula is C12H14N4. The van der Waals surface area contributed by atoms with Crippen LogP contribution in [0.1, 0.15) is 17.1 Å². The van der Waals surface area contributed by atoms with E-state index in [-0.39, 0.29) is 0 Å². The molecule has 0 spiro atoms. The van der Waals surface area contributed by atoms with Gasteiger partial charge in [-0.3, -0.25) is 4.98 Å². The van der Waals surface area contributed by atoms with Gasteiger partial charge in [0.25, 0.3) is 0 Å². The summed E-state index contributed by atoms with van der Waals surface area (Å²) >= 11 is 0. The molecule has 82 valence electrons. The molecule has 0 fully saturated rings. The zero-order chi connectivity index (χ0) is 11.4. The predicted molar refractivity (Wildman–Crippen MR) is 63.1 cm³/mol. The van der Waals surface area contributed by atoms with E-state index in [1.54, 1.807) is 12.4 Å². The Bertz CT molecular complexity index is 482. The van der Waals surface area contributed by atoms with Gasteiger partial charge in [-0.05, 0) is 31.5 Å². The Kier molecular flexibility index (Phi) is 3.10. The molecule has 0 saturated carbocycles. The topological polar surface area (TPSA) is 50.7 Å². The first-order valence-corrected chi connectivity index (χ1v) is 5.19. The van der Waals surface area contributed by atoms with E-state index in [1.807, 2.05) is 25.3 Å². The minimum absolute atomic E-state index is 0.690. The minimum atomic E-state index is 0.690. The molecule has 0 aliphatic heterocycles. The van der Waals surface area contributed by atoms with Crippen molar-refractivity contribution in [1.82, 2.24) is 15.0 Å². The van der Waals surface area contributed by atoms with E-state index in [0.29, 0.717) is 6.54 Å². The summed E-state index contributed by atoms with van der Waals surface area (Å²) in [6.07, 6.45) is 5.38. The highest BCUT2D eigenvalue weighted by atomic mass is 14.9. The van der Waals surface area contributed by atoms with E-state index in [2.05, 4.69) is 27.2 Å². The van der Waals surface area contributed by atoms with Gasteiger partial charge in [0, 0.05) is 12.4 Å². The van der Waals surface area contributed by atoms with Gasteiger partial charge in [-0.25, -0.2) is 9.97 Å². The van der Waals surface area contributed by atoms with E-state index in [0.717, 1.165) is 17.2 Å². The summed E-state index contributed by atoms with van der Waals surface area (Å²) in [4.78, 5) is 12.5. The third-order valence-corrected chi connectivity index (χ3v) is 2.33. The van der Waals surface area contributed by atoms with Crippen LogP contribution in [0.3, 0.4) is 0 Å². The highest BCUT2D eigenvalue weighted by Crippen LogP contribution is 2.12. The lowest BCUT2D eigenvalue weighted by Gasteiger charge is -2.08. The van der Waals surface area contributed by atoms with Crippen molar-refractivity contribution < 1.29 is 0 Å². The van der Waals surface area contributed by atoms with Crippen LogP contribution in [0.25, 0.3) is 0 Å². The molecule has 0 bridgehead atoms. The number of rotatable bonds is 3. The molecule has 0 atom stereocenters. The monoisotopic (exact) mass is 214 g/mol. The SMILES string of the molecule is Cc1nccc(CNc2cnccc2C)n1. The average Bonchev–Trinajstić information content (AvgIpc) is 2.28. The second-order valence-corrected chi connectivity index (χ2v) is 3.64. The zero-order valence-corrected chi connectivity index (χ0v) is 9.44. The summed E-state index contributed by atoms with van der Waals surface area (Å²) in [5.74, 6) is 0.794. The van der Waals surface area contributed by atoms with Crippen molar-refractivity contribution in [1.29, 1.82) is 0 Å². The lowest BCUT2D eigenvalue weighted by molar-refractivity contribution is 0.953. The van der Waals surface area contributed by atoms with E-state index >= 15 is 0 Å². The average molecular weight is 214 g/mol. The van der Waals surface area contributed by atoms with Crippen molar-refractivity contribution in [2.24, 2.45) is 0 Å². The van der Waals surface area contributed by atoms with Gasteiger partial charge >= 0.3 is 0 Å². The van der Waals surface area contributed by atoms with Crippen molar-refractivity contribution in [3.05, 3.63) is 47.8 Å². The maximum absolute atomic E-state index is 4.32. The largest absolute Gasteiger partial charge is 0.378 e. The van der Waals surface area contributed by atoms with E-state index < -0.39 is 0 Å². The van der Waals surface area contributed by atoms with Crippen molar-refractivity contribution in [2.75, 3.05) is 5.32 Å². The highest BCUT2D eigenvalue weighted by Gasteiger charge is 1.98. The van der Waals surface area contributed by atoms with Gasteiger partial charge in [0.15, 0.2) is 0 Å². The van der Waals surface area contributed by atoms with Gasteiger partial charge < -0.3 is 5.32 Å². The van der Waals surface area contributed by atoms with Gasteiger partial charge in [0.1, 0.15) is 5.82 Å². The van der Waals surface area contributed by atoms with Crippen molar-refractivity contribution in [3.8, 4) is 0 Å². The van der Waals surface area contributed by atoms with Crippen LogP contribution >= 0.6 is 0 Å². The summed E-state index contributed by atoms with van der Waals surface area (Å²) in [5, 5.41) is 3.30. The summed E-state index contributed by atoms with van der Waals surface area (Å²) < 4.78 is 0.